The fourth-order valence-electron chi connectivity index (χ4n) is 11.8. The van der Waals surface area contributed by atoms with Crippen LogP contribution in [-0.2, 0) is 57.5 Å². The molecule has 2 aliphatic heterocycles. The molecule has 0 unspecified atom stereocenters. The van der Waals surface area contributed by atoms with Crippen molar-refractivity contribution in [3.05, 3.63) is 0 Å². The number of Topliss-reactive ketones (excluding diaryl/α,β-unsaturated/α-hetero) is 1. The smallest absolute Gasteiger partial charge is 0.246 e. The Hall–Kier alpha value is -5.67. The Kier molecular flexibility index (Phi) is 29.7. The molecule has 0 radical (unpaired) electrons. The molecule has 3 N–H and O–H groups in total. The zero-order valence-electron chi connectivity index (χ0n) is 56.4. The summed E-state index contributed by atoms with van der Waals surface area (Å²) in [5.74, 6) is -8.96. The van der Waals surface area contributed by atoms with E-state index in [0.29, 0.717) is 13.0 Å². The highest BCUT2D eigenvalue weighted by molar-refractivity contribution is 6.00. The van der Waals surface area contributed by atoms with Gasteiger partial charge in [0.15, 0.2) is 5.78 Å². The number of amides is 10. The summed E-state index contributed by atoms with van der Waals surface area (Å²) >= 11 is 0. The van der Waals surface area contributed by atoms with Crippen LogP contribution < -0.4 is 16.0 Å². The molecule has 0 aromatic carbocycles. The lowest BCUT2D eigenvalue weighted by atomic mass is 9.93. The van der Waals surface area contributed by atoms with Crippen LogP contribution in [0.4, 0.5) is 0 Å². The molecule has 13 atom stereocenters. The van der Waals surface area contributed by atoms with Gasteiger partial charge in [0.2, 0.25) is 59.1 Å². The molecule has 486 valence electrons. The van der Waals surface area contributed by atoms with Crippen LogP contribution in [0, 0.1) is 47.3 Å². The predicted octanol–water partition coefficient (Wildman–Crippen LogP) is 4.60. The highest BCUT2D eigenvalue weighted by atomic mass is 16.5. The van der Waals surface area contributed by atoms with Crippen LogP contribution in [0.25, 0.3) is 0 Å². The fraction of sp³-hybridized carbons (Fsp3) is 0.825. The lowest BCUT2D eigenvalue weighted by Gasteiger charge is -2.41. The summed E-state index contributed by atoms with van der Waals surface area (Å²) in [6, 6.07) is -11.4. The summed E-state index contributed by atoms with van der Waals surface area (Å²) in [6.45, 7) is 30.9. The topological polar surface area (TPSA) is 256 Å². The second-order valence-electron chi connectivity index (χ2n) is 26.9. The van der Waals surface area contributed by atoms with Crippen LogP contribution in [0.2, 0.25) is 0 Å². The average Bonchev–Trinajstić information content (AvgIpc) is 4.00. The molecule has 0 aromatic rings. The van der Waals surface area contributed by atoms with Gasteiger partial charge in [0.05, 0.1) is 12.1 Å². The van der Waals surface area contributed by atoms with Gasteiger partial charge in [-0.25, -0.2) is 0 Å². The monoisotopic (exact) mass is 1200 g/mol. The minimum atomic E-state index is -1.29. The van der Waals surface area contributed by atoms with Gasteiger partial charge in [-0.15, -0.1) is 0 Å². The second-order valence-corrected chi connectivity index (χ2v) is 26.9. The van der Waals surface area contributed by atoms with E-state index in [1.54, 1.807) is 48.5 Å². The van der Waals surface area contributed by atoms with Crippen molar-refractivity contribution in [1.29, 1.82) is 0 Å². The molecule has 0 spiro atoms. The van der Waals surface area contributed by atoms with Crippen molar-refractivity contribution < 1.29 is 57.5 Å². The molecule has 2 saturated heterocycles. The second kappa shape index (κ2) is 33.5. The largest absolute Gasteiger partial charge is 0.375 e. The summed E-state index contributed by atoms with van der Waals surface area (Å²) < 4.78 is 6.20. The highest BCUT2D eigenvalue weighted by Gasteiger charge is 2.47. The Labute approximate surface area is 509 Å². The molecule has 10 amide bonds. The van der Waals surface area contributed by atoms with Crippen molar-refractivity contribution in [1.82, 2.24) is 50.2 Å². The lowest BCUT2D eigenvalue weighted by Crippen LogP contribution is -2.63. The summed E-state index contributed by atoms with van der Waals surface area (Å²) in [5, 5.41) is 8.59. The van der Waals surface area contributed by atoms with Gasteiger partial charge in [-0.1, -0.05) is 111 Å². The van der Waals surface area contributed by atoms with E-state index in [1.165, 1.54) is 90.6 Å². The number of hydrogen-bond donors (Lipinski definition) is 3. The van der Waals surface area contributed by atoms with Crippen LogP contribution >= 0.6 is 0 Å². The van der Waals surface area contributed by atoms with E-state index in [2.05, 4.69) is 16.0 Å². The average molecular weight is 1200 g/mol. The van der Waals surface area contributed by atoms with Gasteiger partial charge < -0.3 is 55.0 Å². The maximum Gasteiger partial charge on any atom is 0.246 e. The van der Waals surface area contributed by atoms with Crippen LogP contribution in [0.5, 0.6) is 0 Å². The Morgan fingerprint density at radius 3 is 1.27 bits per heavy atom. The standard InChI is InChI=1S/C63H112N10O12/c1-25-43-58(79)67(18)44(26-2)59(80)68(19)46(30-35(5)6)55(76)66-50(38(11)12)62(83)69(20)45(29-34(3)4)54(75)64-42(17)49(74)33-41(16)57(78)70(21)47(31-36(7)8)60(81)71(22)48(32-37(9)10)61(82)72(23)51(39(13)14)63(84)73(24)52(56(77)65-43)53-40(15)27-28-85-53/h34-48,50-53H,25-33H2,1-24H3,(H,64,75)(H,65,77)(H,66,76)/t40-,41-,42-,43-,44-,45-,46+,47+,48-,50-,51-,52-,53-/m1/s1. The maximum absolute atomic E-state index is 15.2. The van der Waals surface area contributed by atoms with E-state index >= 15 is 9.59 Å². The number of nitrogens with one attached hydrogen (secondary N) is 3. The number of ketones is 1. The Morgan fingerprint density at radius 2 is 0.847 bits per heavy atom. The van der Waals surface area contributed by atoms with E-state index in [1.807, 2.05) is 62.3 Å². The van der Waals surface area contributed by atoms with Gasteiger partial charge in [-0.3, -0.25) is 52.7 Å². The Bertz CT molecular complexity index is 2330. The first-order valence-electron chi connectivity index (χ1n) is 31.2. The first-order chi connectivity index (χ1) is 39.3. The number of carbonyl (C=O) groups is 11. The molecule has 22 heteroatoms. The van der Waals surface area contributed by atoms with E-state index in [9.17, 15) is 43.2 Å². The summed E-state index contributed by atoms with van der Waals surface area (Å²) in [5.41, 5.74) is 0. The quantitative estimate of drug-likeness (QED) is 0.229. The summed E-state index contributed by atoms with van der Waals surface area (Å²) in [7, 11) is 10.4. The molecule has 2 rings (SSSR count). The fourth-order valence-corrected chi connectivity index (χ4v) is 11.8. The SMILES string of the molecule is CC[C@@H]1C(=O)N(C)[C@@H](CC(C)C)C(=O)N[C@H](C(C)C)C(=O)N(C)[C@H](CC(C)C)C(=O)N[C@H](C)C(=O)C[C@@H](C)C(=O)N(C)[C@@H](CC(C)C)C(=O)N(C)[C@H](CC(C)C)C(=O)N(C)[C@H](C(C)C)C(=O)N(C)[C@H]([C@@H]2OCC[C@H]2C)C(=O)N[C@H](CC)C(=O)N1C. The predicted molar refractivity (Wildman–Crippen MR) is 328 cm³/mol. The summed E-state index contributed by atoms with van der Waals surface area (Å²) in [4.78, 5) is 171. The molecule has 22 nitrogen and oxygen atoms in total. The first-order valence-corrected chi connectivity index (χ1v) is 31.2. The van der Waals surface area contributed by atoms with Gasteiger partial charge in [-0.2, -0.15) is 0 Å². The van der Waals surface area contributed by atoms with Crippen LogP contribution in [0.15, 0.2) is 0 Å². The minimum absolute atomic E-state index is 0.0887. The minimum Gasteiger partial charge on any atom is -0.375 e. The van der Waals surface area contributed by atoms with Crippen LogP contribution in [0.1, 0.15) is 169 Å². The number of likely N-dealkylation sites (N-methyl/N-ethyl adjacent to an activating group) is 7. The van der Waals surface area contributed by atoms with Gasteiger partial charge in [0.1, 0.15) is 54.4 Å². The molecular formula is C63H112N10O12. The maximum atomic E-state index is 15.2. The van der Waals surface area contributed by atoms with E-state index in [4.69, 9.17) is 4.74 Å². The molecule has 0 aromatic heterocycles. The van der Waals surface area contributed by atoms with Crippen molar-refractivity contribution in [3.8, 4) is 0 Å². The zero-order valence-corrected chi connectivity index (χ0v) is 56.4. The molecule has 85 heavy (non-hydrogen) atoms. The number of carbonyl (C=O) groups excluding carboxylic acids is 11. The zero-order chi connectivity index (χ0) is 65.6. The van der Waals surface area contributed by atoms with Gasteiger partial charge in [-0.05, 0) is 93.3 Å². The third-order valence-corrected chi connectivity index (χ3v) is 17.2. The van der Waals surface area contributed by atoms with Crippen molar-refractivity contribution in [3.63, 3.8) is 0 Å². The van der Waals surface area contributed by atoms with E-state index in [-0.39, 0.29) is 74.5 Å². The number of hydrogen-bond acceptors (Lipinski definition) is 12. The number of ether oxygens (including phenoxy) is 1. The molecule has 2 aliphatic rings. The van der Waals surface area contributed by atoms with Crippen LogP contribution in [0.3, 0.4) is 0 Å². The van der Waals surface area contributed by atoms with Crippen molar-refractivity contribution in [2.24, 2.45) is 47.3 Å². The molecule has 0 bridgehead atoms. The van der Waals surface area contributed by atoms with E-state index in [0.717, 1.165) is 0 Å². The Balaban J connectivity index is 2.98. The van der Waals surface area contributed by atoms with Gasteiger partial charge >= 0.3 is 0 Å². The van der Waals surface area contributed by atoms with E-state index < -0.39 is 149 Å². The lowest BCUT2D eigenvalue weighted by molar-refractivity contribution is -0.157. The molecular weight excluding hydrogens is 1090 g/mol. The van der Waals surface area contributed by atoms with Crippen molar-refractivity contribution >= 4 is 64.9 Å². The molecule has 2 heterocycles. The van der Waals surface area contributed by atoms with Crippen molar-refractivity contribution in [2.75, 3.05) is 55.9 Å². The third kappa shape index (κ3) is 19.7. The van der Waals surface area contributed by atoms with Gasteiger partial charge in [0, 0.05) is 68.3 Å². The van der Waals surface area contributed by atoms with Crippen molar-refractivity contribution in [2.45, 2.75) is 236 Å². The van der Waals surface area contributed by atoms with Gasteiger partial charge in [0.25, 0.3) is 0 Å². The molecule has 0 saturated carbocycles. The molecule has 0 aliphatic carbocycles. The summed E-state index contributed by atoms with van der Waals surface area (Å²) in [6.07, 6.45) is 0.444. The normalized spacial score (nSPS) is 29.7. The van der Waals surface area contributed by atoms with Crippen LogP contribution in [-0.4, -0.2) is 222 Å². The molecule has 2 fully saturated rings. The Morgan fingerprint density at radius 1 is 0.435 bits per heavy atom. The third-order valence-electron chi connectivity index (χ3n) is 17.2. The first kappa shape index (κ1) is 75.4. The highest BCUT2D eigenvalue weighted by Crippen LogP contribution is 2.29. The number of nitrogens with zero attached hydrogens (tertiary/aromatic N) is 7. The number of rotatable bonds is 13.